The normalized spacial score (nSPS) is 15.0. The first-order valence-electron chi connectivity index (χ1n) is 10.3. The monoisotopic (exact) mass is 376 g/mol. The molecule has 3 aromatic rings. The summed E-state index contributed by atoms with van der Waals surface area (Å²) in [6, 6.07) is 13.7. The second-order valence-electron chi connectivity index (χ2n) is 7.84. The Labute approximate surface area is 166 Å². The number of para-hydroxylation sites is 2. The Morgan fingerprint density at radius 3 is 2.68 bits per heavy atom. The van der Waals surface area contributed by atoms with Gasteiger partial charge in [-0.15, -0.1) is 0 Å². The van der Waals surface area contributed by atoms with Crippen molar-refractivity contribution in [1.82, 2.24) is 19.4 Å². The van der Waals surface area contributed by atoms with E-state index in [2.05, 4.69) is 27.8 Å². The number of carbonyl (C=O) groups excluding carboxylic acids is 1. The number of aromatic nitrogens is 3. The molecule has 1 aromatic carbocycles. The van der Waals surface area contributed by atoms with Crippen molar-refractivity contribution in [2.45, 2.75) is 51.6 Å². The number of rotatable bonds is 6. The molecule has 0 radical (unpaired) electrons. The van der Waals surface area contributed by atoms with Crippen LogP contribution in [-0.4, -0.2) is 32.4 Å². The van der Waals surface area contributed by atoms with Crippen LogP contribution in [-0.2, 0) is 13.1 Å². The third kappa shape index (κ3) is 4.08. The molecule has 2 heterocycles. The quantitative estimate of drug-likeness (QED) is 0.628. The summed E-state index contributed by atoms with van der Waals surface area (Å²) < 4.78 is 2.31. The number of hydrogen-bond acceptors (Lipinski definition) is 3. The molecule has 0 bridgehead atoms. The summed E-state index contributed by atoms with van der Waals surface area (Å²) in [5, 5.41) is 0. The van der Waals surface area contributed by atoms with E-state index < -0.39 is 0 Å². The Bertz CT molecular complexity index is 928. The number of fused-ring (bicyclic) bond motifs is 1. The van der Waals surface area contributed by atoms with Crippen molar-refractivity contribution in [2.24, 2.45) is 5.92 Å². The number of amides is 1. The second kappa shape index (κ2) is 8.55. The maximum atomic E-state index is 12.7. The van der Waals surface area contributed by atoms with E-state index in [1.165, 1.54) is 38.5 Å². The van der Waals surface area contributed by atoms with Gasteiger partial charge in [0, 0.05) is 19.8 Å². The fourth-order valence-corrected chi connectivity index (χ4v) is 4.25. The van der Waals surface area contributed by atoms with E-state index in [4.69, 9.17) is 4.98 Å². The Morgan fingerprint density at radius 2 is 1.89 bits per heavy atom. The summed E-state index contributed by atoms with van der Waals surface area (Å²) in [7, 11) is 1.82. The van der Waals surface area contributed by atoms with Crippen LogP contribution in [0.15, 0.2) is 48.7 Å². The average molecular weight is 377 g/mol. The topological polar surface area (TPSA) is 51.0 Å². The molecule has 28 heavy (non-hydrogen) atoms. The highest BCUT2D eigenvalue weighted by atomic mass is 16.2. The van der Waals surface area contributed by atoms with Gasteiger partial charge in [-0.25, -0.2) is 4.98 Å². The smallest absolute Gasteiger partial charge is 0.272 e. The van der Waals surface area contributed by atoms with Gasteiger partial charge in [0.05, 0.1) is 17.6 Å². The van der Waals surface area contributed by atoms with E-state index in [1.807, 2.05) is 25.2 Å². The highest BCUT2D eigenvalue weighted by Gasteiger charge is 2.19. The minimum atomic E-state index is -0.0773. The fourth-order valence-electron chi connectivity index (χ4n) is 4.25. The highest BCUT2D eigenvalue weighted by molar-refractivity contribution is 5.92. The minimum Gasteiger partial charge on any atom is -0.333 e. The summed E-state index contributed by atoms with van der Waals surface area (Å²) in [6.07, 6.45) is 9.65. The molecule has 4 rings (SSSR count). The summed E-state index contributed by atoms with van der Waals surface area (Å²) in [5.41, 5.74) is 2.63. The van der Waals surface area contributed by atoms with E-state index in [-0.39, 0.29) is 5.91 Å². The molecule has 0 atom stereocenters. The van der Waals surface area contributed by atoms with Gasteiger partial charge < -0.3 is 9.47 Å². The van der Waals surface area contributed by atoms with Crippen LogP contribution in [0.1, 0.15) is 54.8 Å². The number of imidazole rings is 1. The Kier molecular flexibility index (Phi) is 5.70. The summed E-state index contributed by atoms with van der Waals surface area (Å²) >= 11 is 0. The van der Waals surface area contributed by atoms with Gasteiger partial charge >= 0.3 is 0 Å². The van der Waals surface area contributed by atoms with Gasteiger partial charge in [-0.1, -0.05) is 50.3 Å². The summed E-state index contributed by atoms with van der Waals surface area (Å²) in [4.78, 5) is 23.4. The number of benzene rings is 1. The predicted molar refractivity (Wildman–Crippen MR) is 111 cm³/mol. The van der Waals surface area contributed by atoms with E-state index in [1.54, 1.807) is 17.2 Å². The van der Waals surface area contributed by atoms with Crippen molar-refractivity contribution in [2.75, 3.05) is 7.05 Å². The van der Waals surface area contributed by atoms with Crippen LogP contribution in [0.3, 0.4) is 0 Å². The molecule has 146 valence electrons. The van der Waals surface area contributed by atoms with Crippen molar-refractivity contribution < 1.29 is 4.79 Å². The molecule has 0 spiro atoms. The molecule has 0 saturated heterocycles. The molecule has 1 saturated carbocycles. The lowest BCUT2D eigenvalue weighted by Gasteiger charge is -2.23. The standard InChI is InChI=1S/C23H28N4O/c1-26(23(28)20-12-7-8-15-24-20)17-22-25-19-11-5-6-13-21(19)27(22)16-14-18-9-3-2-4-10-18/h5-8,11-13,15,18H,2-4,9-10,14,16-17H2,1H3. The van der Waals surface area contributed by atoms with Gasteiger partial charge in [-0.3, -0.25) is 9.78 Å². The number of carbonyl (C=O) groups is 1. The molecule has 0 N–H and O–H groups in total. The first kappa shape index (κ1) is 18.7. The number of aryl methyl sites for hydroxylation is 1. The van der Waals surface area contributed by atoms with Gasteiger partial charge in [-0.05, 0) is 36.6 Å². The van der Waals surface area contributed by atoms with E-state index in [9.17, 15) is 4.79 Å². The van der Waals surface area contributed by atoms with E-state index in [0.717, 1.165) is 29.3 Å². The van der Waals surface area contributed by atoms with Crippen LogP contribution in [0.4, 0.5) is 0 Å². The van der Waals surface area contributed by atoms with Gasteiger partial charge in [0.1, 0.15) is 11.5 Å². The van der Waals surface area contributed by atoms with Crippen LogP contribution >= 0.6 is 0 Å². The summed E-state index contributed by atoms with van der Waals surface area (Å²) in [5.74, 6) is 1.69. The number of pyridine rings is 1. The van der Waals surface area contributed by atoms with Crippen molar-refractivity contribution in [1.29, 1.82) is 0 Å². The van der Waals surface area contributed by atoms with Crippen molar-refractivity contribution in [3.05, 3.63) is 60.2 Å². The first-order valence-corrected chi connectivity index (χ1v) is 10.3. The molecule has 0 unspecified atom stereocenters. The van der Waals surface area contributed by atoms with Crippen molar-refractivity contribution in [3.8, 4) is 0 Å². The molecule has 5 heteroatoms. The average Bonchev–Trinajstić information content (AvgIpc) is 3.10. The van der Waals surface area contributed by atoms with Crippen molar-refractivity contribution in [3.63, 3.8) is 0 Å². The Morgan fingerprint density at radius 1 is 1.11 bits per heavy atom. The lowest BCUT2D eigenvalue weighted by atomic mass is 9.87. The number of hydrogen-bond donors (Lipinski definition) is 0. The zero-order chi connectivity index (χ0) is 19.3. The van der Waals surface area contributed by atoms with Gasteiger partial charge in [-0.2, -0.15) is 0 Å². The molecular weight excluding hydrogens is 348 g/mol. The third-order valence-electron chi connectivity index (χ3n) is 5.83. The predicted octanol–water partition coefficient (Wildman–Crippen LogP) is 4.67. The maximum absolute atomic E-state index is 12.7. The Hall–Kier alpha value is -2.69. The second-order valence-corrected chi connectivity index (χ2v) is 7.84. The van der Waals surface area contributed by atoms with Crippen LogP contribution in [0.25, 0.3) is 11.0 Å². The van der Waals surface area contributed by atoms with Crippen LogP contribution < -0.4 is 0 Å². The lowest BCUT2D eigenvalue weighted by Crippen LogP contribution is -2.28. The van der Waals surface area contributed by atoms with Crippen LogP contribution in [0.2, 0.25) is 0 Å². The minimum absolute atomic E-state index is 0.0773. The van der Waals surface area contributed by atoms with Gasteiger partial charge in [0.15, 0.2) is 0 Å². The highest BCUT2D eigenvalue weighted by Crippen LogP contribution is 2.28. The van der Waals surface area contributed by atoms with Crippen LogP contribution in [0, 0.1) is 5.92 Å². The third-order valence-corrected chi connectivity index (χ3v) is 5.83. The molecule has 0 aliphatic heterocycles. The molecule has 1 amide bonds. The lowest BCUT2D eigenvalue weighted by molar-refractivity contribution is 0.0774. The molecule has 1 aliphatic carbocycles. The first-order chi connectivity index (χ1) is 13.7. The fraction of sp³-hybridized carbons (Fsp3) is 0.435. The zero-order valence-electron chi connectivity index (χ0n) is 16.6. The maximum Gasteiger partial charge on any atom is 0.272 e. The Balaban J connectivity index is 1.54. The molecule has 5 nitrogen and oxygen atoms in total. The van der Waals surface area contributed by atoms with Gasteiger partial charge in [0.2, 0.25) is 0 Å². The molecule has 1 aliphatic rings. The van der Waals surface area contributed by atoms with E-state index >= 15 is 0 Å². The molecule has 2 aromatic heterocycles. The number of nitrogens with zero attached hydrogens (tertiary/aromatic N) is 4. The van der Waals surface area contributed by atoms with Crippen LogP contribution in [0.5, 0.6) is 0 Å². The van der Waals surface area contributed by atoms with Gasteiger partial charge in [0.25, 0.3) is 5.91 Å². The molecular formula is C23H28N4O. The largest absolute Gasteiger partial charge is 0.333 e. The van der Waals surface area contributed by atoms with E-state index in [0.29, 0.717) is 12.2 Å². The SMILES string of the molecule is CN(Cc1nc2ccccc2n1CCC1CCCCC1)C(=O)c1ccccn1. The zero-order valence-corrected chi connectivity index (χ0v) is 16.6. The van der Waals surface area contributed by atoms with Crippen molar-refractivity contribution >= 4 is 16.9 Å². The summed E-state index contributed by atoms with van der Waals surface area (Å²) in [6.45, 7) is 1.45. The molecule has 1 fully saturated rings.